The molecule has 6 heteroatoms. The third-order valence-electron chi connectivity index (χ3n) is 2.37. The number of hydrogen-bond donors (Lipinski definition) is 1. The summed E-state index contributed by atoms with van der Waals surface area (Å²) in [4.78, 5) is 15.1. The number of aromatic carboxylic acids is 1. The SMILES string of the molecule is O=C(O)c1cc(Br)cnc1OCc1ccccc1Br. The van der Waals surface area contributed by atoms with Crippen molar-refractivity contribution >= 4 is 37.8 Å². The van der Waals surface area contributed by atoms with Crippen molar-refractivity contribution in [2.45, 2.75) is 6.61 Å². The van der Waals surface area contributed by atoms with Gasteiger partial charge in [-0.15, -0.1) is 0 Å². The smallest absolute Gasteiger partial charge is 0.341 e. The molecule has 1 N–H and O–H groups in total. The van der Waals surface area contributed by atoms with Crippen molar-refractivity contribution in [3.05, 3.63) is 56.6 Å². The zero-order valence-electron chi connectivity index (χ0n) is 9.64. The van der Waals surface area contributed by atoms with Crippen LogP contribution in [0, 0.1) is 0 Å². The summed E-state index contributed by atoms with van der Waals surface area (Å²) in [5.74, 6) is -0.970. The molecule has 0 radical (unpaired) electrons. The van der Waals surface area contributed by atoms with Gasteiger partial charge in [0.2, 0.25) is 5.88 Å². The first-order valence-corrected chi connectivity index (χ1v) is 6.91. The van der Waals surface area contributed by atoms with Gasteiger partial charge in [0.05, 0.1) is 0 Å². The van der Waals surface area contributed by atoms with E-state index in [2.05, 4.69) is 36.8 Å². The first kappa shape index (κ1) is 14.0. The van der Waals surface area contributed by atoms with Gasteiger partial charge >= 0.3 is 5.97 Å². The molecule has 0 aliphatic rings. The van der Waals surface area contributed by atoms with Crippen LogP contribution in [-0.2, 0) is 6.61 Å². The molecule has 0 saturated heterocycles. The minimum Gasteiger partial charge on any atom is -0.477 e. The van der Waals surface area contributed by atoms with Crippen LogP contribution in [0.5, 0.6) is 5.88 Å². The van der Waals surface area contributed by atoms with Crippen molar-refractivity contribution in [2.75, 3.05) is 0 Å². The molecule has 2 rings (SSSR count). The van der Waals surface area contributed by atoms with Gasteiger partial charge in [0.15, 0.2) is 0 Å². The van der Waals surface area contributed by atoms with E-state index in [9.17, 15) is 4.79 Å². The Bertz CT molecular complexity index is 617. The monoisotopic (exact) mass is 385 g/mol. The normalized spacial score (nSPS) is 10.2. The summed E-state index contributed by atoms with van der Waals surface area (Å²) < 4.78 is 6.98. The lowest BCUT2D eigenvalue weighted by Gasteiger charge is -2.09. The highest BCUT2D eigenvalue weighted by Crippen LogP contribution is 2.22. The number of benzene rings is 1. The Hall–Kier alpha value is -1.40. The topological polar surface area (TPSA) is 59.4 Å². The summed E-state index contributed by atoms with van der Waals surface area (Å²) in [5, 5.41) is 9.09. The molecule has 0 amide bonds. The maximum absolute atomic E-state index is 11.1. The van der Waals surface area contributed by atoms with Crippen LogP contribution in [0.4, 0.5) is 0 Å². The highest BCUT2D eigenvalue weighted by molar-refractivity contribution is 9.10. The predicted molar refractivity (Wildman–Crippen MR) is 77.4 cm³/mol. The summed E-state index contributed by atoms with van der Waals surface area (Å²) >= 11 is 6.59. The van der Waals surface area contributed by atoms with E-state index >= 15 is 0 Å². The molecule has 98 valence electrons. The number of carboxylic acid groups (broad SMARTS) is 1. The Morgan fingerprint density at radius 3 is 2.74 bits per heavy atom. The maximum Gasteiger partial charge on any atom is 0.341 e. The van der Waals surface area contributed by atoms with E-state index < -0.39 is 5.97 Å². The molecule has 1 aromatic carbocycles. The lowest BCUT2D eigenvalue weighted by Crippen LogP contribution is -2.05. The molecule has 0 saturated carbocycles. The molecular weight excluding hydrogens is 378 g/mol. The van der Waals surface area contributed by atoms with E-state index in [0.29, 0.717) is 4.47 Å². The molecule has 0 atom stereocenters. The molecule has 1 heterocycles. The van der Waals surface area contributed by atoms with Gasteiger partial charge in [-0.25, -0.2) is 9.78 Å². The molecule has 1 aromatic heterocycles. The second-order valence-electron chi connectivity index (χ2n) is 3.69. The van der Waals surface area contributed by atoms with Crippen LogP contribution < -0.4 is 4.74 Å². The van der Waals surface area contributed by atoms with Gasteiger partial charge < -0.3 is 9.84 Å². The van der Waals surface area contributed by atoms with Crippen LogP contribution in [0.15, 0.2) is 45.5 Å². The van der Waals surface area contributed by atoms with Gasteiger partial charge in [0.1, 0.15) is 12.2 Å². The minimum absolute atomic E-state index is 0.0291. The van der Waals surface area contributed by atoms with Crippen molar-refractivity contribution in [3.63, 3.8) is 0 Å². The van der Waals surface area contributed by atoms with Gasteiger partial charge in [0.25, 0.3) is 0 Å². The van der Waals surface area contributed by atoms with Crippen LogP contribution in [0.25, 0.3) is 0 Å². The van der Waals surface area contributed by atoms with E-state index in [1.807, 2.05) is 24.3 Å². The molecule has 0 aliphatic carbocycles. The molecule has 0 fully saturated rings. The van der Waals surface area contributed by atoms with Crippen molar-refractivity contribution in [3.8, 4) is 5.88 Å². The van der Waals surface area contributed by atoms with Crippen molar-refractivity contribution < 1.29 is 14.6 Å². The molecule has 2 aromatic rings. The van der Waals surface area contributed by atoms with Crippen LogP contribution in [-0.4, -0.2) is 16.1 Å². The van der Waals surface area contributed by atoms with E-state index in [1.54, 1.807) is 0 Å². The summed E-state index contributed by atoms with van der Waals surface area (Å²) in [7, 11) is 0. The number of carboxylic acids is 1. The molecule has 4 nitrogen and oxygen atoms in total. The highest BCUT2D eigenvalue weighted by Gasteiger charge is 2.14. The Labute approximate surface area is 126 Å². The fourth-order valence-corrected chi connectivity index (χ4v) is 2.19. The molecule has 19 heavy (non-hydrogen) atoms. The minimum atomic E-state index is -1.07. The zero-order chi connectivity index (χ0) is 13.8. The number of nitrogens with zero attached hydrogens (tertiary/aromatic N) is 1. The number of ether oxygens (including phenoxy) is 1. The number of aromatic nitrogens is 1. The van der Waals surface area contributed by atoms with Crippen molar-refractivity contribution in [2.24, 2.45) is 0 Å². The molecule has 0 aliphatic heterocycles. The quantitative estimate of drug-likeness (QED) is 0.865. The van der Waals surface area contributed by atoms with E-state index in [-0.39, 0.29) is 18.1 Å². The first-order valence-electron chi connectivity index (χ1n) is 5.33. The molecule has 0 bridgehead atoms. The van der Waals surface area contributed by atoms with Crippen LogP contribution in [0.1, 0.15) is 15.9 Å². The van der Waals surface area contributed by atoms with Gasteiger partial charge in [-0.05, 0) is 28.1 Å². The van der Waals surface area contributed by atoms with E-state index in [4.69, 9.17) is 9.84 Å². The highest BCUT2D eigenvalue weighted by atomic mass is 79.9. The molecule has 0 spiro atoms. The summed E-state index contributed by atoms with van der Waals surface area (Å²) in [6.45, 7) is 0.246. The van der Waals surface area contributed by atoms with Crippen LogP contribution >= 0.6 is 31.9 Å². The summed E-state index contributed by atoms with van der Waals surface area (Å²) in [6.07, 6.45) is 1.50. The van der Waals surface area contributed by atoms with Crippen LogP contribution in [0.3, 0.4) is 0 Å². The molecular formula is C13H9Br2NO3. The third kappa shape index (κ3) is 3.54. The maximum atomic E-state index is 11.1. The number of rotatable bonds is 4. The number of halogens is 2. The fourth-order valence-electron chi connectivity index (χ4n) is 1.46. The van der Waals surface area contributed by atoms with Gasteiger partial charge in [-0.1, -0.05) is 34.1 Å². The number of carbonyl (C=O) groups is 1. The first-order chi connectivity index (χ1) is 9.08. The largest absolute Gasteiger partial charge is 0.477 e. The number of hydrogen-bond acceptors (Lipinski definition) is 3. The van der Waals surface area contributed by atoms with Crippen molar-refractivity contribution in [1.82, 2.24) is 4.98 Å². The Morgan fingerprint density at radius 1 is 1.32 bits per heavy atom. The second-order valence-corrected chi connectivity index (χ2v) is 5.46. The number of pyridine rings is 1. The van der Waals surface area contributed by atoms with Gasteiger partial charge in [-0.3, -0.25) is 0 Å². The second kappa shape index (κ2) is 6.16. The average molecular weight is 387 g/mol. The zero-order valence-corrected chi connectivity index (χ0v) is 12.8. The van der Waals surface area contributed by atoms with Gasteiger partial charge in [-0.2, -0.15) is 0 Å². The standard InChI is InChI=1S/C13H9Br2NO3/c14-9-5-10(13(17)18)12(16-6-9)19-7-8-3-1-2-4-11(8)15/h1-6H,7H2,(H,17,18). The van der Waals surface area contributed by atoms with Gasteiger partial charge in [0, 0.05) is 20.7 Å². The summed E-state index contributed by atoms with van der Waals surface area (Å²) in [5.41, 5.74) is 0.949. The molecule has 0 unspecified atom stereocenters. The Balaban J connectivity index is 2.20. The fraction of sp³-hybridized carbons (Fsp3) is 0.0769. The Kier molecular flexibility index (Phi) is 4.55. The average Bonchev–Trinajstić information content (AvgIpc) is 2.38. The summed E-state index contributed by atoms with van der Waals surface area (Å²) in [6, 6.07) is 9.03. The lowest BCUT2D eigenvalue weighted by molar-refractivity contribution is 0.0690. The predicted octanol–water partition coefficient (Wildman–Crippen LogP) is 3.88. The van der Waals surface area contributed by atoms with Crippen molar-refractivity contribution in [1.29, 1.82) is 0 Å². The lowest BCUT2D eigenvalue weighted by atomic mass is 10.2. The van der Waals surface area contributed by atoms with E-state index in [1.165, 1.54) is 12.3 Å². The van der Waals surface area contributed by atoms with E-state index in [0.717, 1.165) is 10.0 Å². The Morgan fingerprint density at radius 2 is 2.05 bits per heavy atom. The van der Waals surface area contributed by atoms with Crippen LogP contribution in [0.2, 0.25) is 0 Å². The third-order valence-corrected chi connectivity index (χ3v) is 3.58.